The maximum atomic E-state index is 10.1. The first kappa shape index (κ1) is 14.3. The Morgan fingerprint density at radius 3 is 2.32 bits per heavy atom. The number of hydrogen-bond acceptors (Lipinski definition) is 5. The van der Waals surface area contributed by atoms with Crippen molar-refractivity contribution in [3.8, 4) is 11.5 Å². The minimum absolute atomic E-state index is 0.0290. The number of benzene rings is 2. The van der Waals surface area contributed by atoms with Gasteiger partial charge in [0, 0.05) is 11.1 Å². The van der Waals surface area contributed by atoms with Gasteiger partial charge in [0.15, 0.2) is 0 Å². The monoisotopic (exact) mass is 298 g/mol. The zero-order valence-corrected chi connectivity index (χ0v) is 12.5. The lowest BCUT2D eigenvalue weighted by atomic mass is 9.99. The van der Waals surface area contributed by atoms with Crippen LogP contribution in [-0.2, 0) is 4.84 Å². The first-order valence-electron chi connectivity index (χ1n) is 7.17. The number of nitrogens with zero attached hydrogens (tertiary/aromatic N) is 2. The van der Waals surface area contributed by atoms with E-state index in [4.69, 9.17) is 4.84 Å². The second kappa shape index (κ2) is 5.60. The van der Waals surface area contributed by atoms with Crippen molar-refractivity contribution < 1.29 is 15.1 Å². The largest absolute Gasteiger partial charge is 0.507 e. The zero-order chi connectivity index (χ0) is 15.7. The van der Waals surface area contributed by atoms with E-state index in [1.165, 1.54) is 0 Å². The number of aliphatic imine (C=N–C) groups is 1. The molecule has 0 amide bonds. The van der Waals surface area contributed by atoms with E-state index in [0.717, 1.165) is 5.69 Å². The number of hydroxylamine groups is 1. The van der Waals surface area contributed by atoms with Crippen LogP contribution < -0.4 is 5.06 Å². The molecule has 0 spiro atoms. The summed E-state index contributed by atoms with van der Waals surface area (Å²) in [6.45, 7) is 4.19. The summed E-state index contributed by atoms with van der Waals surface area (Å²) < 4.78 is 0. The van der Waals surface area contributed by atoms with Gasteiger partial charge in [0.25, 0.3) is 5.90 Å². The Balaban J connectivity index is 1.85. The van der Waals surface area contributed by atoms with Crippen LogP contribution in [0.2, 0.25) is 0 Å². The molecule has 5 nitrogen and oxygen atoms in total. The highest BCUT2D eigenvalue weighted by atomic mass is 16.7. The van der Waals surface area contributed by atoms with Crippen molar-refractivity contribution >= 4 is 11.6 Å². The van der Waals surface area contributed by atoms with Crippen LogP contribution in [-0.4, -0.2) is 22.8 Å². The van der Waals surface area contributed by atoms with Crippen LogP contribution in [0.25, 0.3) is 0 Å². The van der Waals surface area contributed by atoms with Crippen molar-refractivity contribution in [2.24, 2.45) is 4.99 Å². The summed E-state index contributed by atoms with van der Waals surface area (Å²) in [4.78, 5) is 10.0. The van der Waals surface area contributed by atoms with E-state index in [-0.39, 0.29) is 17.4 Å². The number of hydrogen-bond donors (Lipinski definition) is 2. The molecule has 2 aromatic rings. The molecule has 2 aromatic carbocycles. The smallest absolute Gasteiger partial charge is 0.251 e. The second-order valence-electron chi connectivity index (χ2n) is 5.49. The summed E-state index contributed by atoms with van der Waals surface area (Å²) in [7, 11) is 0. The molecule has 1 heterocycles. The Hall–Kier alpha value is -2.69. The number of phenols is 2. The second-order valence-corrected chi connectivity index (χ2v) is 5.49. The van der Waals surface area contributed by atoms with E-state index in [1.54, 1.807) is 17.2 Å². The number of rotatable bonds is 3. The molecule has 114 valence electrons. The maximum absolute atomic E-state index is 10.1. The Kier molecular flexibility index (Phi) is 3.63. The van der Waals surface area contributed by atoms with Crippen LogP contribution in [0.4, 0.5) is 5.69 Å². The summed E-state index contributed by atoms with van der Waals surface area (Å²) in [5, 5.41) is 21.9. The van der Waals surface area contributed by atoms with Gasteiger partial charge in [-0.1, -0.05) is 32.0 Å². The Bertz CT molecular complexity index is 688. The predicted octanol–water partition coefficient (Wildman–Crippen LogP) is 3.38. The molecule has 1 aliphatic rings. The van der Waals surface area contributed by atoms with Crippen molar-refractivity contribution in [3.63, 3.8) is 0 Å². The Morgan fingerprint density at radius 2 is 1.73 bits per heavy atom. The van der Waals surface area contributed by atoms with Crippen LogP contribution in [0.5, 0.6) is 11.5 Å². The third-order valence-electron chi connectivity index (χ3n) is 3.54. The van der Waals surface area contributed by atoms with Gasteiger partial charge in [0.2, 0.25) is 0 Å². The van der Waals surface area contributed by atoms with E-state index in [0.29, 0.717) is 23.7 Å². The number of anilines is 1. The lowest BCUT2D eigenvalue weighted by Gasteiger charge is -2.17. The molecule has 0 radical (unpaired) electrons. The fourth-order valence-corrected chi connectivity index (χ4v) is 2.50. The summed E-state index contributed by atoms with van der Waals surface area (Å²) in [5.41, 5.74) is 1.98. The SMILES string of the molecule is CC(C)c1c(O)cc(C2=NCN(c3ccccc3)O2)cc1O. The molecule has 3 rings (SSSR count). The fraction of sp³-hybridized carbons (Fsp3) is 0.235. The van der Waals surface area contributed by atoms with Crippen molar-refractivity contribution in [1.29, 1.82) is 0 Å². The zero-order valence-electron chi connectivity index (χ0n) is 12.5. The van der Waals surface area contributed by atoms with Gasteiger partial charge >= 0.3 is 0 Å². The van der Waals surface area contributed by atoms with Gasteiger partial charge in [-0.15, -0.1) is 0 Å². The fourth-order valence-electron chi connectivity index (χ4n) is 2.50. The number of aromatic hydroxyl groups is 2. The van der Waals surface area contributed by atoms with Gasteiger partial charge in [-0.3, -0.25) is 0 Å². The summed E-state index contributed by atoms with van der Waals surface area (Å²) >= 11 is 0. The molecule has 5 heteroatoms. The molecule has 0 aliphatic carbocycles. The minimum Gasteiger partial charge on any atom is -0.507 e. The van der Waals surface area contributed by atoms with Crippen molar-refractivity contribution in [2.75, 3.05) is 11.7 Å². The molecule has 22 heavy (non-hydrogen) atoms. The highest BCUT2D eigenvalue weighted by Gasteiger charge is 2.22. The summed E-state index contributed by atoms with van der Waals surface area (Å²) in [5.74, 6) is 0.509. The van der Waals surface area contributed by atoms with E-state index in [2.05, 4.69) is 4.99 Å². The van der Waals surface area contributed by atoms with E-state index >= 15 is 0 Å². The average Bonchev–Trinajstić information content (AvgIpc) is 2.97. The highest BCUT2D eigenvalue weighted by molar-refractivity contribution is 5.96. The van der Waals surface area contributed by atoms with Crippen molar-refractivity contribution in [3.05, 3.63) is 53.6 Å². The molecule has 1 aliphatic heterocycles. The molecule has 0 bridgehead atoms. The van der Waals surface area contributed by atoms with Gasteiger partial charge in [-0.2, -0.15) is 5.06 Å². The van der Waals surface area contributed by atoms with Crippen LogP contribution in [0.3, 0.4) is 0 Å². The first-order chi connectivity index (χ1) is 10.6. The van der Waals surface area contributed by atoms with Gasteiger partial charge in [-0.05, 0) is 30.2 Å². The van der Waals surface area contributed by atoms with E-state index < -0.39 is 0 Å². The molecule has 0 aromatic heterocycles. The topological polar surface area (TPSA) is 65.3 Å². The summed E-state index contributed by atoms with van der Waals surface area (Å²) in [6, 6.07) is 12.8. The average molecular weight is 298 g/mol. The molecular formula is C17H18N2O3. The lowest BCUT2D eigenvalue weighted by Crippen LogP contribution is -2.19. The predicted molar refractivity (Wildman–Crippen MR) is 85.3 cm³/mol. The number of phenolic OH excluding ortho intramolecular Hbond substituents is 2. The molecule has 0 saturated heterocycles. The van der Waals surface area contributed by atoms with Gasteiger partial charge in [0.1, 0.15) is 18.2 Å². The minimum atomic E-state index is 0.0290. The molecular weight excluding hydrogens is 280 g/mol. The molecule has 0 saturated carbocycles. The Labute approximate surface area is 129 Å². The third-order valence-corrected chi connectivity index (χ3v) is 3.54. The first-order valence-corrected chi connectivity index (χ1v) is 7.17. The molecule has 2 N–H and O–H groups in total. The normalized spacial score (nSPS) is 14.1. The molecule has 0 atom stereocenters. The standard InChI is InChI=1S/C17H18N2O3/c1-11(2)16-14(20)8-12(9-15(16)21)17-18-10-19(22-17)13-6-4-3-5-7-13/h3-9,11,20-21H,10H2,1-2H3. The van der Waals surface area contributed by atoms with Crippen LogP contribution in [0.15, 0.2) is 47.5 Å². The maximum Gasteiger partial charge on any atom is 0.251 e. The highest BCUT2D eigenvalue weighted by Crippen LogP contribution is 2.35. The van der Waals surface area contributed by atoms with E-state index in [9.17, 15) is 10.2 Å². The third kappa shape index (κ3) is 2.57. The number of para-hydroxylation sites is 1. The van der Waals surface area contributed by atoms with Crippen LogP contribution >= 0.6 is 0 Å². The van der Waals surface area contributed by atoms with Gasteiger partial charge in [-0.25, -0.2) is 4.99 Å². The lowest BCUT2D eigenvalue weighted by molar-refractivity contribution is 0.299. The van der Waals surface area contributed by atoms with Crippen LogP contribution in [0, 0.1) is 0 Å². The quantitative estimate of drug-likeness (QED) is 0.911. The summed E-state index contributed by atoms with van der Waals surface area (Å²) in [6.07, 6.45) is 0. The molecule has 0 fully saturated rings. The van der Waals surface area contributed by atoms with E-state index in [1.807, 2.05) is 44.2 Å². The molecule has 0 unspecified atom stereocenters. The van der Waals surface area contributed by atoms with Gasteiger partial charge in [0.05, 0.1) is 5.69 Å². The Morgan fingerprint density at radius 1 is 1.09 bits per heavy atom. The van der Waals surface area contributed by atoms with Crippen molar-refractivity contribution in [1.82, 2.24) is 0 Å². The van der Waals surface area contributed by atoms with Crippen LogP contribution in [0.1, 0.15) is 30.9 Å². The van der Waals surface area contributed by atoms with Gasteiger partial charge < -0.3 is 15.1 Å². The van der Waals surface area contributed by atoms with Crippen molar-refractivity contribution in [2.45, 2.75) is 19.8 Å².